The van der Waals surface area contributed by atoms with Gasteiger partial charge >= 0.3 is 6.01 Å². The summed E-state index contributed by atoms with van der Waals surface area (Å²) in [7, 11) is 1.73. The number of hydrogen-bond acceptors (Lipinski definition) is 8. The van der Waals surface area contributed by atoms with E-state index in [1.165, 1.54) is 19.3 Å². The van der Waals surface area contributed by atoms with E-state index < -0.39 is 13.0 Å². The number of aryl methyl sites for hydroxylation is 1. The molecule has 2 saturated carbocycles. The number of anilines is 1. The molecule has 0 unspecified atom stereocenters. The molecule has 256 valence electrons. The molecule has 4 fully saturated rings. The van der Waals surface area contributed by atoms with Gasteiger partial charge in [-0.05, 0) is 98.4 Å². The molecule has 0 bridgehead atoms. The predicted octanol–water partition coefficient (Wildman–Crippen LogP) is 7.26. The second kappa shape index (κ2) is 13.0. The average Bonchev–Trinajstić information content (AvgIpc) is 3.82. The van der Waals surface area contributed by atoms with Crippen molar-refractivity contribution in [1.82, 2.24) is 25.1 Å². The van der Waals surface area contributed by atoms with E-state index in [9.17, 15) is 8.78 Å². The number of nitrogens with one attached hydrogen (secondary N) is 1. The SMILES string of the molecule is COCCN1CCC(Oc2nc(N3CCC4(CCC4)CC3)c3cc(C4CC4)c(-c4c(C)ccc5[nH]ncc45)c(OCC(F)F)c3n2)CC1. The van der Waals surface area contributed by atoms with E-state index in [4.69, 9.17) is 24.2 Å². The van der Waals surface area contributed by atoms with Crippen molar-refractivity contribution in [2.75, 3.05) is 57.9 Å². The molecule has 4 aliphatic rings. The van der Waals surface area contributed by atoms with Gasteiger partial charge in [-0.1, -0.05) is 12.5 Å². The van der Waals surface area contributed by atoms with Gasteiger partial charge < -0.3 is 24.0 Å². The summed E-state index contributed by atoms with van der Waals surface area (Å²) in [5.41, 5.74) is 5.82. The fourth-order valence-electron chi connectivity index (χ4n) is 8.22. The number of hydrogen-bond donors (Lipinski definition) is 1. The van der Waals surface area contributed by atoms with Gasteiger partial charge in [0.05, 0.1) is 18.3 Å². The molecule has 1 N–H and O–H groups in total. The fourth-order valence-corrected chi connectivity index (χ4v) is 8.22. The van der Waals surface area contributed by atoms with Crippen LogP contribution in [0.5, 0.6) is 11.8 Å². The van der Waals surface area contributed by atoms with Crippen LogP contribution in [0.15, 0.2) is 24.4 Å². The lowest BCUT2D eigenvalue weighted by molar-refractivity contribution is 0.0744. The summed E-state index contributed by atoms with van der Waals surface area (Å²) in [5.74, 6) is 1.53. The zero-order chi connectivity index (χ0) is 32.8. The van der Waals surface area contributed by atoms with Crippen molar-refractivity contribution in [2.45, 2.75) is 83.2 Å². The van der Waals surface area contributed by atoms with Crippen molar-refractivity contribution in [1.29, 1.82) is 0 Å². The molecule has 1 spiro atoms. The highest BCUT2D eigenvalue weighted by molar-refractivity contribution is 6.06. The van der Waals surface area contributed by atoms with E-state index in [0.29, 0.717) is 35.2 Å². The van der Waals surface area contributed by atoms with Crippen molar-refractivity contribution in [3.05, 3.63) is 35.5 Å². The molecule has 2 aromatic heterocycles. The zero-order valence-corrected chi connectivity index (χ0v) is 28.1. The Morgan fingerprint density at radius 3 is 2.46 bits per heavy atom. The quantitative estimate of drug-likeness (QED) is 0.180. The first-order chi connectivity index (χ1) is 23.4. The van der Waals surface area contributed by atoms with Crippen LogP contribution < -0.4 is 14.4 Å². The van der Waals surface area contributed by atoms with Crippen molar-refractivity contribution in [3.63, 3.8) is 0 Å². The highest BCUT2D eigenvalue weighted by Crippen LogP contribution is 2.54. The van der Waals surface area contributed by atoms with Gasteiger partial charge in [0.25, 0.3) is 6.43 Å². The molecule has 2 aliphatic carbocycles. The number of halogens is 2. The number of alkyl halides is 2. The lowest BCUT2D eigenvalue weighted by atomic mass is 9.63. The summed E-state index contributed by atoms with van der Waals surface area (Å²) >= 11 is 0. The van der Waals surface area contributed by atoms with Crippen LogP contribution in [-0.2, 0) is 4.74 Å². The Bertz CT molecular complexity index is 1770. The van der Waals surface area contributed by atoms with E-state index in [1.54, 1.807) is 7.11 Å². The van der Waals surface area contributed by atoms with Gasteiger partial charge in [-0.2, -0.15) is 15.1 Å². The molecule has 0 atom stereocenters. The number of benzene rings is 2. The lowest BCUT2D eigenvalue weighted by Gasteiger charge is -2.48. The van der Waals surface area contributed by atoms with Gasteiger partial charge in [-0.15, -0.1) is 0 Å². The highest BCUT2D eigenvalue weighted by Gasteiger charge is 2.41. The van der Waals surface area contributed by atoms with E-state index >= 15 is 0 Å². The smallest absolute Gasteiger partial charge is 0.319 e. The third-order valence-corrected chi connectivity index (χ3v) is 11.3. The first-order valence-electron chi connectivity index (χ1n) is 17.8. The minimum absolute atomic E-state index is 0.0359. The number of rotatable bonds is 11. The Hall–Kier alpha value is -3.57. The molecule has 4 aromatic rings. The monoisotopic (exact) mass is 660 g/mol. The van der Waals surface area contributed by atoms with Gasteiger partial charge in [0.15, 0.2) is 5.75 Å². The second-order valence-electron chi connectivity index (χ2n) is 14.5. The molecule has 48 heavy (non-hydrogen) atoms. The topological polar surface area (TPSA) is 88.6 Å². The predicted molar refractivity (Wildman–Crippen MR) is 183 cm³/mol. The number of likely N-dealkylation sites (tertiary alicyclic amines) is 1. The Morgan fingerprint density at radius 2 is 1.77 bits per heavy atom. The summed E-state index contributed by atoms with van der Waals surface area (Å²) in [6.07, 6.45) is 9.15. The Morgan fingerprint density at radius 1 is 0.979 bits per heavy atom. The van der Waals surface area contributed by atoms with Gasteiger partial charge in [0.1, 0.15) is 24.0 Å². The minimum atomic E-state index is -2.63. The molecule has 2 aromatic carbocycles. The van der Waals surface area contributed by atoms with Gasteiger partial charge in [-0.3, -0.25) is 5.10 Å². The fraction of sp³-hybridized carbons (Fsp3) is 0.595. The first-order valence-corrected chi connectivity index (χ1v) is 17.8. The summed E-state index contributed by atoms with van der Waals surface area (Å²) in [5, 5.41) is 9.22. The van der Waals surface area contributed by atoms with Crippen LogP contribution in [-0.4, -0.2) is 90.6 Å². The zero-order valence-electron chi connectivity index (χ0n) is 28.1. The van der Waals surface area contributed by atoms with Gasteiger partial charge in [-0.25, -0.2) is 8.78 Å². The van der Waals surface area contributed by atoms with Crippen LogP contribution in [0.3, 0.4) is 0 Å². The summed E-state index contributed by atoms with van der Waals surface area (Å²) in [6.45, 7) is 6.58. The molecule has 8 rings (SSSR count). The molecule has 2 saturated heterocycles. The highest BCUT2D eigenvalue weighted by atomic mass is 19.3. The van der Waals surface area contributed by atoms with Crippen LogP contribution in [0.25, 0.3) is 32.9 Å². The molecule has 0 amide bonds. The summed E-state index contributed by atoms with van der Waals surface area (Å²) in [6, 6.07) is 6.59. The lowest BCUT2D eigenvalue weighted by Crippen LogP contribution is -2.44. The minimum Gasteiger partial charge on any atom is -0.485 e. The van der Waals surface area contributed by atoms with Crippen LogP contribution in [0.2, 0.25) is 0 Å². The van der Waals surface area contributed by atoms with Crippen LogP contribution in [0.4, 0.5) is 14.6 Å². The number of H-pyrrole nitrogens is 1. The van der Waals surface area contributed by atoms with E-state index in [2.05, 4.69) is 39.1 Å². The number of nitrogens with zero attached hydrogens (tertiary/aromatic N) is 5. The van der Waals surface area contributed by atoms with Crippen molar-refractivity contribution >= 4 is 27.6 Å². The van der Waals surface area contributed by atoms with Crippen molar-refractivity contribution in [2.24, 2.45) is 5.41 Å². The molecule has 2 aliphatic heterocycles. The second-order valence-corrected chi connectivity index (χ2v) is 14.5. The van der Waals surface area contributed by atoms with Crippen LogP contribution >= 0.6 is 0 Å². The number of methoxy groups -OCH3 is 1. The number of piperidine rings is 2. The number of aromatic amines is 1. The van der Waals surface area contributed by atoms with E-state index in [-0.39, 0.29) is 6.10 Å². The number of aromatic nitrogens is 4. The summed E-state index contributed by atoms with van der Waals surface area (Å²) < 4.78 is 46.0. The first kappa shape index (κ1) is 31.7. The van der Waals surface area contributed by atoms with Gasteiger partial charge in [0, 0.05) is 56.2 Å². The maximum atomic E-state index is 14.0. The number of fused-ring (bicyclic) bond motifs is 2. The maximum absolute atomic E-state index is 14.0. The van der Waals surface area contributed by atoms with Crippen LogP contribution in [0, 0.1) is 12.3 Å². The third-order valence-electron chi connectivity index (χ3n) is 11.3. The molecule has 4 heterocycles. The van der Waals surface area contributed by atoms with Gasteiger partial charge in [0.2, 0.25) is 0 Å². The molecule has 11 heteroatoms. The molecular weight excluding hydrogens is 614 g/mol. The normalized spacial score (nSPS) is 20.2. The van der Waals surface area contributed by atoms with Crippen molar-refractivity contribution < 1.29 is 23.0 Å². The Balaban J connectivity index is 1.28. The standard InChI is InChI=1S/C37H46F2N6O3/c1-23-4-7-29-28(21-40-43-29)31(23)32-26(24-5-6-24)20-27-33(34(32)47-22-30(38)39)41-36(48-25-8-14-44(15-9-25)18-19-46-2)42-35(27)45-16-12-37(13-17-45)10-3-11-37/h4,7,20-21,24-25,30H,3,5-6,8-19,22H2,1-2H3,(H,40,43). The Kier molecular flexibility index (Phi) is 8.61. The largest absolute Gasteiger partial charge is 0.485 e. The summed E-state index contributed by atoms with van der Waals surface area (Å²) in [4.78, 5) is 15.0. The maximum Gasteiger partial charge on any atom is 0.319 e. The molecule has 0 radical (unpaired) electrons. The van der Waals surface area contributed by atoms with E-state index in [1.807, 2.05) is 12.3 Å². The molecular formula is C37H46F2N6O3. The van der Waals surface area contributed by atoms with E-state index in [0.717, 1.165) is 116 Å². The number of ether oxygens (including phenoxy) is 3. The average molecular weight is 661 g/mol. The third kappa shape index (κ3) is 6.08. The van der Waals surface area contributed by atoms with Crippen LogP contribution in [0.1, 0.15) is 74.8 Å². The molecule has 9 nitrogen and oxygen atoms in total. The van der Waals surface area contributed by atoms with Crippen molar-refractivity contribution in [3.8, 4) is 22.9 Å². The Labute approximate surface area is 280 Å².